The third kappa shape index (κ3) is 1.84. The van der Waals surface area contributed by atoms with Crippen molar-refractivity contribution in [1.29, 1.82) is 0 Å². The number of amides is 1. The highest BCUT2D eigenvalue weighted by Gasteiger charge is 2.54. The summed E-state index contributed by atoms with van der Waals surface area (Å²) in [4.78, 5) is 24.9. The predicted octanol–water partition coefficient (Wildman–Crippen LogP) is 0.435. The quantitative estimate of drug-likeness (QED) is 0.571. The summed E-state index contributed by atoms with van der Waals surface area (Å²) in [5.41, 5.74) is 0.338. The van der Waals surface area contributed by atoms with E-state index in [1.807, 2.05) is 6.92 Å². The zero-order valence-electron chi connectivity index (χ0n) is 10.0. The molecule has 5 heteroatoms. The first-order valence-electron chi connectivity index (χ1n) is 5.96. The number of fused-ring (bicyclic) bond motifs is 1. The number of hydrogen-bond donors (Lipinski definition) is 1. The average molecular weight is 239 g/mol. The zero-order valence-corrected chi connectivity index (χ0v) is 10.0. The van der Waals surface area contributed by atoms with E-state index in [4.69, 9.17) is 4.74 Å². The Morgan fingerprint density at radius 1 is 1.71 bits per heavy atom. The summed E-state index contributed by atoms with van der Waals surface area (Å²) in [5.74, 6) is -0.989. The second-order valence-corrected chi connectivity index (χ2v) is 4.50. The number of aliphatic hydroxyl groups excluding tert-OH is 1. The molecule has 0 saturated carbocycles. The molecule has 2 heterocycles. The molecule has 0 aromatic heterocycles. The number of carbonyl (C=O) groups excluding carboxylic acids is 2. The maximum atomic E-state index is 11.8. The van der Waals surface area contributed by atoms with E-state index < -0.39 is 12.1 Å². The third-order valence-corrected chi connectivity index (χ3v) is 3.25. The standard InChI is InChI=1S/C12H17NO4/c1-3-6-17-12(16)9-5-4-8-10(7(2)14)11(15)13(8)9/h5,7-8,10,14H,3-4,6H2,1-2H3/t7-,8?,10?/m1/s1. The van der Waals surface area contributed by atoms with Crippen LogP contribution in [0.1, 0.15) is 26.7 Å². The molecule has 17 heavy (non-hydrogen) atoms. The fourth-order valence-corrected chi connectivity index (χ4v) is 2.43. The van der Waals surface area contributed by atoms with Gasteiger partial charge in [0.25, 0.3) is 0 Å². The molecule has 2 aliphatic heterocycles. The van der Waals surface area contributed by atoms with E-state index in [2.05, 4.69) is 0 Å². The van der Waals surface area contributed by atoms with E-state index in [9.17, 15) is 14.7 Å². The molecule has 5 nitrogen and oxygen atoms in total. The molecule has 0 spiro atoms. The highest BCUT2D eigenvalue weighted by Crippen LogP contribution is 2.40. The second kappa shape index (κ2) is 4.49. The molecule has 2 unspecified atom stereocenters. The molecule has 0 aromatic carbocycles. The van der Waals surface area contributed by atoms with Gasteiger partial charge < -0.3 is 14.7 Å². The Morgan fingerprint density at radius 3 is 3.00 bits per heavy atom. The van der Waals surface area contributed by atoms with Crippen molar-refractivity contribution in [3.05, 3.63) is 11.8 Å². The number of esters is 1. The van der Waals surface area contributed by atoms with Crippen molar-refractivity contribution in [2.75, 3.05) is 6.61 Å². The van der Waals surface area contributed by atoms with E-state index in [0.29, 0.717) is 18.7 Å². The van der Waals surface area contributed by atoms with Gasteiger partial charge in [-0.15, -0.1) is 0 Å². The first kappa shape index (κ1) is 12.1. The number of rotatable bonds is 4. The summed E-state index contributed by atoms with van der Waals surface area (Å²) in [5, 5.41) is 9.47. The van der Waals surface area contributed by atoms with Crippen molar-refractivity contribution in [2.45, 2.75) is 38.8 Å². The lowest BCUT2D eigenvalue weighted by molar-refractivity contribution is -0.162. The van der Waals surface area contributed by atoms with Crippen molar-refractivity contribution in [2.24, 2.45) is 5.92 Å². The minimum absolute atomic E-state index is 0.0633. The minimum Gasteiger partial charge on any atom is -0.461 e. The highest BCUT2D eigenvalue weighted by molar-refractivity contribution is 5.99. The van der Waals surface area contributed by atoms with Crippen molar-refractivity contribution in [3.8, 4) is 0 Å². The van der Waals surface area contributed by atoms with Gasteiger partial charge in [0.1, 0.15) is 5.70 Å². The van der Waals surface area contributed by atoms with Gasteiger partial charge in [-0.25, -0.2) is 4.79 Å². The molecule has 0 radical (unpaired) electrons. The summed E-state index contributed by atoms with van der Waals surface area (Å²) >= 11 is 0. The number of ether oxygens (including phenoxy) is 1. The van der Waals surface area contributed by atoms with Gasteiger partial charge in [-0.2, -0.15) is 0 Å². The smallest absolute Gasteiger partial charge is 0.354 e. The fraction of sp³-hybridized carbons (Fsp3) is 0.667. The van der Waals surface area contributed by atoms with E-state index in [1.54, 1.807) is 13.0 Å². The minimum atomic E-state index is -0.664. The Hall–Kier alpha value is -1.36. The Kier molecular flexibility index (Phi) is 3.19. The Balaban J connectivity index is 2.01. The molecule has 0 bridgehead atoms. The lowest BCUT2D eigenvalue weighted by Crippen LogP contribution is -2.61. The SMILES string of the molecule is CCCOC(=O)C1=CCC2C([C@@H](C)O)C(=O)N12. The van der Waals surface area contributed by atoms with Crippen LogP contribution in [0.15, 0.2) is 11.8 Å². The third-order valence-electron chi connectivity index (χ3n) is 3.25. The Bertz CT molecular complexity index is 375. The molecule has 1 amide bonds. The van der Waals surface area contributed by atoms with Crippen LogP contribution in [0.4, 0.5) is 0 Å². The number of carbonyl (C=O) groups is 2. The van der Waals surface area contributed by atoms with Crippen LogP contribution in [0.25, 0.3) is 0 Å². The number of β-lactam (4-membered cyclic amide) rings is 1. The molecule has 3 atom stereocenters. The second-order valence-electron chi connectivity index (χ2n) is 4.50. The van der Waals surface area contributed by atoms with Gasteiger partial charge >= 0.3 is 5.97 Å². The van der Waals surface area contributed by atoms with Crippen LogP contribution in [0.5, 0.6) is 0 Å². The monoisotopic (exact) mass is 239 g/mol. The van der Waals surface area contributed by atoms with Crippen molar-refractivity contribution in [3.63, 3.8) is 0 Å². The first-order chi connectivity index (χ1) is 8.07. The highest BCUT2D eigenvalue weighted by atomic mass is 16.5. The molecule has 2 rings (SSSR count). The van der Waals surface area contributed by atoms with E-state index >= 15 is 0 Å². The van der Waals surface area contributed by atoms with Crippen LogP contribution in [-0.4, -0.2) is 40.6 Å². The number of aliphatic hydroxyl groups is 1. The zero-order chi connectivity index (χ0) is 12.6. The summed E-state index contributed by atoms with van der Waals surface area (Å²) in [6.07, 6.45) is 2.44. The molecular weight excluding hydrogens is 222 g/mol. The Labute approximate surface area is 100 Å². The molecule has 1 saturated heterocycles. The van der Waals surface area contributed by atoms with E-state index in [0.717, 1.165) is 6.42 Å². The maximum absolute atomic E-state index is 11.8. The first-order valence-corrected chi connectivity index (χ1v) is 5.96. The molecule has 94 valence electrons. The summed E-state index contributed by atoms with van der Waals surface area (Å²) in [7, 11) is 0. The topological polar surface area (TPSA) is 66.8 Å². The fourth-order valence-electron chi connectivity index (χ4n) is 2.43. The molecule has 2 aliphatic rings. The lowest BCUT2D eigenvalue weighted by Gasteiger charge is -2.44. The summed E-state index contributed by atoms with van der Waals surface area (Å²) in [6, 6.07) is -0.0633. The molecular formula is C12H17NO4. The predicted molar refractivity (Wildman–Crippen MR) is 59.8 cm³/mol. The molecule has 0 aliphatic carbocycles. The molecule has 0 aromatic rings. The van der Waals surface area contributed by atoms with Gasteiger partial charge in [0.15, 0.2) is 0 Å². The Morgan fingerprint density at radius 2 is 2.41 bits per heavy atom. The van der Waals surface area contributed by atoms with Gasteiger partial charge in [-0.05, 0) is 19.8 Å². The van der Waals surface area contributed by atoms with Crippen LogP contribution in [0.3, 0.4) is 0 Å². The van der Waals surface area contributed by atoms with Crippen LogP contribution in [0.2, 0.25) is 0 Å². The van der Waals surface area contributed by atoms with Gasteiger partial charge in [-0.3, -0.25) is 4.79 Å². The number of hydrogen-bond acceptors (Lipinski definition) is 4. The van der Waals surface area contributed by atoms with Gasteiger partial charge in [-0.1, -0.05) is 13.0 Å². The van der Waals surface area contributed by atoms with Crippen LogP contribution in [-0.2, 0) is 14.3 Å². The van der Waals surface area contributed by atoms with E-state index in [-0.39, 0.29) is 17.9 Å². The summed E-state index contributed by atoms with van der Waals surface area (Å²) < 4.78 is 5.01. The van der Waals surface area contributed by atoms with Crippen molar-refractivity contribution in [1.82, 2.24) is 4.90 Å². The lowest BCUT2D eigenvalue weighted by atomic mass is 9.83. The normalized spacial score (nSPS) is 28.3. The van der Waals surface area contributed by atoms with Crippen LogP contribution >= 0.6 is 0 Å². The molecule has 1 fully saturated rings. The maximum Gasteiger partial charge on any atom is 0.354 e. The van der Waals surface area contributed by atoms with Crippen molar-refractivity contribution >= 4 is 11.9 Å². The van der Waals surface area contributed by atoms with Gasteiger partial charge in [0, 0.05) is 0 Å². The van der Waals surface area contributed by atoms with Gasteiger partial charge in [0.2, 0.25) is 5.91 Å². The average Bonchev–Trinajstić information content (AvgIpc) is 2.64. The largest absolute Gasteiger partial charge is 0.461 e. The van der Waals surface area contributed by atoms with Crippen LogP contribution in [0, 0.1) is 5.92 Å². The molecule has 1 N–H and O–H groups in total. The number of nitrogens with zero attached hydrogens (tertiary/aromatic N) is 1. The summed E-state index contributed by atoms with van der Waals surface area (Å²) in [6.45, 7) is 3.88. The van der Waals surface area contributed by atoms with E-state index in [1.165, 1.54) is 4.90 Å². The van der Waals surface area contributed by atoms with Crippen molar-refractivity contribution < 1.29 is 19.4 Å². The van der Waals surface area contributed by atoms with Crippen LogP contribution < -0.4 is 0 Å². The van der Waals surface area contributed by atoms with Gasteiger partial charge in [0.05, 0.1) is 24.7 Å².